The van der Waals surface area contributed by atoms with Crippen molar-refractivity contribution in [2.75, 3.05) is 36.0 Å². The Kier molecular flexibility index (Phi) is 4.25. The lowest BCUT2D eigenvalue weighted by Gasteiger charge is -2.32. The van der Waals surface area contributed by atoms with Gasteiger partial charge in [0.15, 0.2) is 11.5 Å². The fourth-order valence-electron chi connectivity index (χ4n) is 3.76. The molecule has 0 spiro atoms. The quantitative estimate of drug-likeness (QED) is 0.664. The minimum Gasteiger partial charge on any atom is -0.355 e. The van der Waals surface area contributed by atoms with Crippen LogP contribution in [0.15, 0.2) is 24.4 Å². The summed E-state index contributed by atoms with van der Waals surface area (Å²) in [6, 6.07) is 4.77. The van der Waals surface area contributed by atoms with Gasteiger partial charge < -0.3 is 9.80 Å². The standard InChI is InChI=1S/C18H19F3N8/c19-18(20,21)13-4-7-22-17(23-13)28-10-5-12(6-11-28)16-25-24-14-2-3-15(26-29(14)16)27-8-1-9-27/h2-4,7,12H,1,5-6,8-11H2. The van der Waals surface area contributed by atoms with Crippen LogP contribution in [0, 0.1) is 0 Å². The topological polar surface area (TPSA) is 75.3 Å². The van der Waals surface area contributed by atoms with Gasteiger partial charge in [-0.25, -0.2) is 9.97 Å². The van der Waals surface area contributed by atoms with Crippen molar-refractivity contribution in [2.45, 2.75) is 31.4 Å². The second-order valence-electron chi connectivity index (χ2n) is 7.36. The zero-order chi connectivity index (χ0) is 20.0. The Labute approximate surface area is 164 Å². The Morgan fingerprint density at radius 3 is 2.41 bits per heavy atom. The Bertz CT molecular complexity index is 1020. The predicted octanol–water partition coefficient (Wildman–Crippen LogP) is 2.53. The Balaban J connectivity index is 1.33. The highest BCUT2D eigenvalue weighted by Gasteiger charge is 2.34. The minimum absolute atomic E-state index is 0.113. The van der Waals surface area contributed by atoms with Gasteiger partial charge in [-0.15, -0.1) is 15.3 Å². The van der Waals surface area contributed by atoms with Gasteiger partial charge in [0.1, 0.15) is 11.5 Å². The summed E-state index contributed by atoms with van der Waals surface area (Å²) in [6.45, 7) is 3.11. The van der Waals surface area contributed by atoms with Crippen LogP contribution >= 0.6 is 0 Å². The second-order valence-corrected chi connectivity index (χ2v) is 7.36. The summed E-state index contributed by atoms with van der Waals surface area (Å²) in [5.74, 6) is 1.96. The number of aromatic nitrogens is 6. The molecule has 29 heavy (non-hydrogen) atoms. The van der Waals surface area contributed by atoms with Gasteiger partial charge in [-0.2, -0.15) is 17.7 Å². The van der Waals surface area contributed by atoms with E-state index >= 15 is 0 Å². The molecule has 0 atom stereocenters. The van der Waals surface area contributed by atoms with Gasteiger partial charge in [0.2, 0.25) is 5.95 Å². The van der Waals surface area contributed by atoms with Crippen LogP contribution in [-0.2, 0) is 6.18 Å². The molecule has 8 nitrogen and oxygen atoms in total. The van der Waals surface area contributed by atoms with Crippen LogP contribution in [0.5, 0.6) is 0 Å². The van der Waals surface area contributed by atoms with Crippen molar-refractivity contribution in [2.24, 2.45) is 0 Å². The van der Waals surface area contributed by atoms with Crippen LogP contribution in [0.1, 0.15) is 36.7 Å². The molecule has 0 amide bonds. The molecule has 0 bridgehead atoms. The highest BCUT2D eigenvalue weighted by atomic mass is 19.4. The molecule has 0 saturated carbocycles. The van der Waals surface area contributed by atoms with Gasteiger partial charge in [0.25, 0.3) is 0 Å². The molecule has 2 aliphatic rings. The van der Waals surface area contributed by atoms with E-state index in [9.17, 15) is 13.2 Å². The Hall–Kier alpha value is -2.98. The summed E-state index contributed by atoms with van der Waals surface area (Å²) < 4.78 is 40.5. The number of fused-ring (bicyclic) bond motifs is 1. The maximum atomic E-state index is 12.9. The van der Waals surface area contributed by atoms with E-state index in [1.54, 1.807) is 9.42 Å². The molecule has 152 valence electrons. The smallest absolute Gasteiger partial charge is 0.355 e. The third-order valence-corrected chi connectivity index (χ3v) is 5.53. The van der Waals surface area contributed by atoms with Gasteiger partial charge in [-0.1, -0.05) is 0 Å². The van der Waals surface area contributed by atoms with E-state index in [-0.39, 0.29) is 11.9 Å². The summed E-state index contributed by atoms with van der Waals surface area (Å²) in [4.78, 5) is 11.7. The fraction of sp³-hybridized carbons (Fsp3) is 0.500. The lowest BCUT2D eigenvalue weighted by molar-refractivity contribution is -0.141. The van der Waals surface area contributed by atoms with Crippen molar-refractivity contribution in [3.63, 3.8) is 0 Å². The molecule has 3 aromatic heterocycles. The first-order valence-corrected chi connectivity index (χ1v) is 9.61. The van der Waals surface area contributed by atoms with Crippen molar-refractivity contribution in [3.8, 4) is 0 Å². The number of halogens is 3. The molecular weight excluding hydrogens is 385 g/mol. The van der Waals surface area contributed by atoms with E-state index in [0.717, 1.165) is 49.8 Å². The largest absolute Gasteiger partial charge is 0.433 e. The van der Waals surface area contributed by atoms with Crippen molar-refractivity contribution in [3.05, 3.63) is 35.9 Å². The fourth-order valence-corrected chi connectivity index (χ4v) is 3.76. The number of rotatable bonds is 3. The Morgan fingerprint density at radius 1 is 0.931 bits per heavy atom. The second kappa shape index (κ2) is 6.82. The summed E-state index contributed by atoms with van der Waals surface area (Å²) in [5.41, 5.74) is -0.219. The summed E-state index contributed by atoms with van der Waals surface area (Å²) in [5, 5.41) is 13.3. The minimum atomic E-state index is -4.48. The van der Waals surface area contributed by atoms with Crippen LogP contribution in [0.3, 0.4) is 0 Å². The monoisotopic (exact) mass is 404 g/mol. The van der Waals surface area contributed by atoms with E-state index in [4.69, 9.17) is 5.10 Å². The normalized spacial score (nSPS) is 18.3. The maximum Gasteiger partial charge on any atom is 0.433 e. The molecule has 0 unspecified atom stereocenters. The van der Waals surface area contributed by atoms with Gasteiger partial charge in [0.05, 0.1) is 0 Å². The molecule has 0 radical (unpaired) electrons. The zero-order valence-corrected chi connectivity index (χ0v) is 15.5. The SMILES string of the molecule is FC(F)(F)c1ccnc(N2CCC(c3nnc4ccc(N5CCC5)nn34)CC2)n1. The molecule has 5 rings (SSSR count). The van der Waals surface area contributed by atoms with Crippen molar-refractivity contribution >= 4 is 17.4 Å². The number of piperidine rings is 1. The highest BCUT2D eigenvalue weighted by molar-refractivity contribution is 5.47. The van der Waals surface area contributed by atoms with Crippen molar-refractivity contribution < 1.29 is 13.2 Å². The van der Waals surface area contributed by atoms with Gasteiger partial charge in [-0.3, -0.25) is 0 Å². The molecule has 2 fully saturated rings. The zero-order valence-electron chi connectivity index (χ0n) is 15.5. The van der Waals surface area contributed by atoms with E-state index in [1.807, 2.05) is 12.1 Å². The van der Waals surface area contributed by atoms with E-state index in [1.165, 1.54) is 6.42 Å². The highest BCUT2D eigenvalue weighted by Crippen LogP contribution is 2.31. The summed E-state index contributed by atoms with van der Waals surface area (Å²) in [7, 11) is 0. The first-order valence-electron chi connectivity index (χ1n) is 9.61. The molecule has 2 saturated heterocycles. The van der Waals surface area contributed by atoms with E-state index in [2.05, 4.69) is 25.1 Å². The maximum absolute atomic E-state index is 12.9. The number of alkyl halides is 3. The van der Waals surface area contributed by atoms with Crippen LogP contribution in [0.2, 0.25) is 0 Å². The molecule has 3 aromatic rings. The molecule has 5 heterocycles. The van der Waals surface area contributed by atoms with Crippen LogP contribution in [0.25, 0.3) is 5.65 Å². The third kappa shape index (κ3) is 3.34. The van der Waals surface area contributed by atoms with Crippen LogP contribution in [-0.4, -0.2) is 56.0 Å². The third-order valence-electron chi connectivity index (χ3n) is 5.53. The number of hydrogen-bond acceptors (Lipinski definition) is 7. The van der Waals surface area contributed by atoms with Gasteiger partial charge in [-0.05, 0) is 37.5 Å². The predicted molar refractivity (Wildman–Crippen MR) is 98.8 cm³/mol. The van der Waals surface area contributed by atoms with Gasteiger partial charge in [0, 0.05) is 38.3 Å². The molecule has 0 N–H and O–H groups in total. The van der Waals surface area contributed by atoms with Crippen LogP contribution < -0.4 is 9.80 Å². The lowest BCUT2D eigenvalue weighted by atomic mass is 9.96. The lowest BCUT2D eigenvalue weighted by Crippen LogP contribution is -2.38. The average Bonchev–Trinajstić information content (AvgIpc) is 3.10. The number of anilines is 2. The van der Waals surface area contributed by atoms with E-state index in [0.29, 0.717) is 18.7 Å². The number of hydrogen-bond donors (Lipinski definition) is 0. The molecule has 0 aliphatic carbocycles. The van der Waals surface area contributed by atoms with Crippen molar-refractivity contribution in [1.29, 1.82) is 0 Å². The van der Waals surface area contributed by atoms with E-state index < -0.39 is 11.9 Å². The molecular formula is C18H19F3N8. The summed E-state index contributed by atoms with van der Waals surface area (Å²) in [6.07, 6.45) is -0.711. The van der Waals surface area contributed by atoms with Crippen molar-refractivity contribution in [1.82, 2.24) is 29.8 Å². The molecule has 11 heteroatoms. The molecule has 2 aliphatic heterocycles. The van der Waals surface area contributed by atoms with Gasteiger partial charge >= 0.3 is 6.18 Å². The first-order chi connectivity index (χ1) is 14.0. The molecule has 0 aromatic carbocycles. The Morgan fingerprint density at radius 2 is 1.72 bits per heavy atom. The van der Waals surface area contributed by atoms with Crippen LogP contribution in [0.4, 0.5) is 24.9 Å². The first kappa shape index (κ1) is 18.1. The number of nitrogens with zero attached hydrogens (tertiary/aromatic N) is 8. The average molecular weight is 404 g/mol. The summed E-state index contributed by atoms with van der Waals surface area (Å²) >= 11 is 0.